The van der Waals surface area contributed by atoms with Crippen LogP contribution in [0.2, 0.25) is 0 Å². The third-order valence-electron chi connectivity index (χ3n) is 3.05. The van der Waals surface area contributed by atoms with Gasteiger partial charge in [0.15, 0.2) is 12.1 Å². The van der Waals surface area contributed by atoms with Crippen LogP contribution in [0.15, 0.2) is 24.3 Å². The second-order valence-corrected chi connectivity index (χ2v) is 5.03. The van der Waals surface area contributed by atoms with E-state index in [1.54, 1.807) is 13.2 Å². The standard InChI is InChI=1S/C14H22O5/c1-5-7-16-8-6-10-11(9-15-4)17-13-12(10)18-14(2,3)19-13/h5-6,11-13H,1,7-9H2,2-4H3/b10-6-/t11-,12-,13-/m1/s1. The maximum atomic E-state index is 5.87. The van der Waals surface area contributed by atoms with Gasteiger partial charge in [-0.05, 0) is 19.4 Å². The van der Waals surface area contributed by atoms with E-state index < -0.39 is 5.79 Å². The molecule has 0 spiro atoms. The lowest BCUT2D eigenvalue weighted by atomic mass is 10.1. The molecule has 0 N–H and O–H groups in total. The van der Waals surface area contributed by atoms with Gasteiger partial charge in [-0.3, -0.25) is 0 Å². The van der Waals surface area contributed by atoms with Crippen molar-refractivity contribution in [2.24, 2.45) is 0 Å². The Labute approximate surface area is 114 Å². The molecule has 2 aliphatic rings. The van der Waals surface area contributed by atoms with E-state index in [0.29, 0.717) is 19.8 Å². The Balaban J connectivity index is 2.03. The van der Waals surface area contributed by atoms with Crippen LogP contribution in [0.4, 0.5) is 0 Å². The Bertz CT molecular complexity index is 350. The number of ether oxygens (including phenoxy) is 5. The van der Waals surface area contributed by atoms with Crippen molar-refractivity contribution in [3.8, 4) is 0 Å². The van der Waals surface area contributed by atoms with Crippen molar-refractivity contribution >= 4 is 0 Å². The molecule has 2 fully saturated rings. The summed E-state index contributed by atoms with van der Waals surface area (Å²) in [4.78, 5) is 0. The summed E-state index contributed by atoms with van der Waals surface area (Å²) in [7, 11) is 1.65. The van der Waals surface area contributed by atoms with E-state index in [4.69, 9.17) is 23.7 Å². The maximum absolute atomic E-state index is 5.87. The molecule has 0 amide bonds. The molecule has 0 saturated carbocycles. The molecule has 108 valence electrons. The molecule has 0 aliphatic carbocycles. The van der Waals surface area contributed by atoms with E-state index in [9.17, 15) is 0 Å². The van der Waals surface area contributed by atoms with Crippen LogP contribution in [0, 0.1) is 0 Å². The highest BCUT2D eigenvalue weighted by molar-refractivity contribution is 5.21. The molecular weight excluding hydrogens is 248 g/mol. The fourth-order valence-electron chi connectivity index (χ4n) is 2.32. The molecule has 5 nitrogen and oxygen atoms in total. The SMILES string of the molecule is C=CCOC/C=C1\[C@H]2OC(C)(C)O[C@H]2O[C@@H]1COC. The van der Waals surface area contributed by atoms with E-state index in [1.165, 1.54) is 0 Å². The Kier molecular flexibility index (Phi) is 4.76. The van der Waals surface area contributed by atoms with Gasteiger partial charge in [0.1, 0.15) is 12.2 Å². The van der Waals surface area contributed by atoms with Crippen LogP contribution in [-0.2, 0) is 23.7 Å². The average molecular weight is 270 g/mol. The van der Waals surface area contributed by atoms with Gasteiger partial charge in [0.2, 0.25) is 0 Å². The number of fused-ring (bicyclic) bond motifs is 1. The Hall–Kier alpha value is -0.720. The van der Waals surface area contributed by atoms with Crippen molar-refractivity contribution in [2.45, 2.75) is 38.1 Å². The summed E-state index contributed by atoms with van der Waals surface area (Å²) in [5, 5.41) is 0. The van der Waals surface area contributed by atoms with Gasteiger partial charge in [-0.2, -0.15) is 0 Å². The first kappa shape index (κ1) is 14.7. The molecule has 2 heterocycles. The first-order valence-electron chi connectivity index (χ1n) is 6.46. The second kappa shape index (κ2) is 6.15. The van der Waals surface area contributed by atoms with Crippen molar-refractivity contribution in [1.82, 2.24) is 0 Å². The maximum Gasteiger partial charge on any atom is 0.191 e. The van der Waals surface area contributed by atoms with Gasteiger partial charge >= 0.3 is 0 Å². The minimum Gasteiger partial charge on any atom is -0.382 e. The third-order valence-corrected chi connectivity index (χ3v) is 3.05. The van der Waals surface area contributed by atoms with Gasteiger partial charge in [-0.25, -0.2) is 0 Å². The zero-order chi connectivity index (χ0) is 13.9. The molecule has 0 aromatic rings. The number of rotatable bonds is 6. The summed E-state index contributed by atoms with van der Waals surface area (Å²) in [6.07, 6.45) is 3.03. The van der Waals surface area contributed by atoms with E-state index >= 15 is 0 Å². The van der Waals surface area contributed by atoms with Crippen molar-refractivity contribution in [3.63, 3.8) is 0 Å². The summed E-state index contributed by atoms with van der Waals surface area (Å²) in [6, 6.07) is 0. The summed E-state index contributed by atoms with van der Waals surface area (Å²) in [6.45, 7) is 8.88. The molecule has 2 saturated heterocycles. The summed E-state index contributed by atoms with van der Waals surface area (Å²) in [5.74, 6) is -0.617. The molecule has 2 rings (SSSR count). The van der Waals surface area contributed by atoms with Crippen LogP contribution >= 0.6 is 0 Å². The van der Waals surface area contributed by atoms with Crippen molar-refractivity contribution in [2.75, 3.05) is 26.9 Å². The number of methoxy groups -OCH3 is 1. The van der Waals surface area contributed by atoms with Crippen LogP contribution < -0.4 is 0 Å². The first-order valence-corrected chi connectivity index (χ1v) is 6.46. The predicted molar refractivity (Wildman–Crippen MR) is 69.7 cm³/mol. The zero-order valence-electron chi connectivity index (χ0n) is 11.8. The molecule has 19 heavy (non-hydrogen) atoms. The molecule has 0 aromatic heterocycles. The fraction of sp³-hybridized carbons (Fsp3) is 0.714. The van der Waals surface area contributed by atoms with E-state index in [0.717, 1.165) is 5.57 Å². The van der Waals surface area contributed by atoms with Crippen molar-refractivity contribution in [1.29, 1.82) is 0 Å². The minimum atomic E-state index is -0.617. The molecule has 2 aliphatic heterocycles. The molecule has 5 heteroatoms. The van der Waals surface area contributed by atoms with Crippen molar-refractivity contribution < 1.29 is 23.7 Å². The van der Waals surface area contributed by atoms with E-state index in [-0.39, 0.29) is 18.5 Å². The zero-order valence-corrected chi connectivity index (χ0v) is 11.8. The largest absolute Gasteiger partial charge is 0.382 e. The van der Waals surface area contributed by atoms with Crippen LogP contribution in [0.25, 0.3) is 0 Å². The van der Waals surface area contributed by atoms with Crippen LogP contribution in [-0.4, -0.2) is 51.2 Å². The topological polar surface area (TPSA) is 46.2 Å². The lowest BCUT2D eigenvalue weighted by Gasteiger charge is -2.21. The Morgan fingerprint density at radius 3 is 2.79 bits per heavy atom. The highest BCUT2D eigenvalue weighted by Gasteiger charge is 2.51. The molecule has 0 aromatic carbocycles. The summed E-state index contributed by atoms with van der Waals surface area (Å²) >= 11 is 0. The van der Waals surface area contributed by atoms with Crippen LogP contribution in [0.1, 0.15) is 13.8 Å². The van der Waals surface area contributed by atoms with Gasteiger partial charge in [-0.15, -0.1) is 6.58 Å². The van der Waals surface area contributed by atoms with Crippen LogP contribution in [0.3, 0.4) is 0 Å². The first-order chi connectivity index (χ1) is 9.07. The molecule has 0 bridgehead atoms. The monoisotopic (exact) mass is 270 g/mol. The molecule has 3 atom stereocenters. The quantitative estimate of drug-likeness (QED) is 0.542. The second-order valence-electron chi connectivity index (χ2n) is 5.03. The van der Waals surface area contributed by atoms with Gasteiger partial charge in [0.25, 0.3) is 0 Å². The summed E-state index contributed by atoms with van der Waals surface area (Å²) < 4.78 is 27.9. The van der Waals surface area contributed by atoms with Crippen LogP contribution in [0.5, 0.6) is 0 Å². The smallest absolute Gasteiger partial charge is 0.191 e. The van der Waals surface area contributed by atoms with E-state index in [2.05, 4.69) is 6.58 Å². The van der Waals surface area contributed by atoms with Gasteiger partial charge in [-0.1, -0.05) is 12.2 Å². The minimum absolute atomic E-state index is 0.136. The van der Waals surface area contributed by atoms with Gasteiger partial charge in [0.05, 0.1) is 19.8 Å². The lowest BCUT2D eigenvalue weighted by Crippen LogP contribution is -2.27. The Morgan fingerprint density at radius 1 is 1.32 bits per heavy atom. The average Bonchev–Trinajstić information content (AvgIpc) is 2.78. The normalized spacial score (nSPS) is 34.7. The van der Waals surface area contributed by atoms with Crippen molar-refractivity contribution in [3.05, 3.63) is 24.3 Å². The molecule has 0 unspecified atom stereocenters. The van der Waals surface area contributed by atoms with Gasteiger partial charge < -0.3 is 23.7 Å². The predicted octanol–water partition coefficient (Wildman–Crippen LogP) is 1.64. The van der Waals surface area contributed by atoms with E-state index in [1.807, 2.05) is 19.9 Å². The Morgan fingerprint density at radius 2 is 2.11 bits per heavy atom. The lowest BCUT2D eigenvalue weighted by molar-refractivity contribution is -0.203. The highest BCUT2D eigenvalue weighted by atomic mass is 16.8. The highest BCUT2D eigenvalue weighted by Crippen LogP contribution is 2.40. The molecule has 0 radical (unpaired) electrons. The third kappa shape index (κ3) is 3.43. The van der Waals surface area contributed by atoms with Gasteiger partial charge in [0, 0.05) is 7.11 Å². The number of hydrogen-bond acceptors (Lipinski definition) is 5. The summed E-state index contributed by atoms with van der Waals surface area (Å²) in [5.41, 5.74) is 1.03. The number of hydrogen-bond donors (Lipinski definition) is 0. The fourth-order valence-corrected chi connectivity index (χ4v) is 2.32. The molecular formula is C14H22O5.